The predicted octanol–water partition coefficient (Wildman–Crippen LogP) is 2.85. The summed E-state index contributed by atoms with van der Waals surface area (Å²) >= 11 is 0. The van der Waals surface area contributed by atoms with Crippen LogP contribution in [-0.2, 0) is 4.74 Å². The van der Waals surface area contributed by atoms with Crippen molar-refractivity contribution in [2.24, 2.45) is 10.4 Å². The molecule has 1 saturated carbocycles. The zero-order chi connectivity index (χ0) is 16.7. The first-order valence-electron chi connectivity index (χ1n) is 9.46. The number of hydrogen-bond acceptors (Lipinski definition) is 3. The Morgan fingerprint density at radius 3 is 2.62 bits per heavy atom. The van der Waals surface area contributed by atoms with Gasteiger partial charge in [0.25, 0.3) is 0 Å². The van der Waals surface area contributed by atoms with E-state index in [4.69, 9.17) is 9.73 Å². The van der Waals surface area contributed by atoms with E-state index in [1.807, 2.05) is 0 Å². The Morgan fingerprint density at radius 2 is 2.08 bits per heavy atom. The summed E-state index contributed by atoms with van der Waals surface area (Å²) in [5, 5.41) is 6.93. The number of nitrogens with one attached hydrogen (secondary N) is 2. The van der Waals surface area contributed by atoms with Gasteiger partial charge >= 0.3 is 0 Å². The number of halogens is 1. The molecule has 1 aliphatic heterocycles. The van der Waals surface area contributed by atoms with Crippen LogP contribution in [0.4, 0.5) is 0 Å². The van der Waals surface area contributed by atoms with E-state index in [1.54, 1.807) is 0 Å². The van der Waals surface area contributed by atoms with Crippen molar-refractivity contribution in [3.05, 3.63) is 0 Å². The third-order valence-electron chi connectivity index (χ3n) is 5.63. The second-order valence-corrected chi connectivity index (χ2v) is 7.29. The first kappa shape index (κ1) is 22.0. The lowest BCUT2D eigenvalue weighted by Gasteiger charge is -2.40. The molecule has 5 nitrogen and oxygen atoms in total. The van der Waals surface area contributed by atoms with E-state index in [9.17, 15) is 0 Å². The van der Waals surface area contributed by atoms with Gasteiger partial charge < -0.3 is 15.4 Å². The summed E-state index contributed by atoms with van der Waals surface area (Å²) in [4.78, 5) is 7.39. The molecular formula is C18H37IN4O. The summed E-state index contributed by atoms with van der Waals surface area (Å²) in [5.41, 5.74) is 0.479. The van der Waals surface area contributed by atoms with Crippen LogP contribution in [0.5, 0.6) is 0 Å². The zero-order valence-electron chi connectivity index (χ0n) is 15.9. The molecule has 0 aromatic carbocycles. The molecular weight excluding hydrogens is 415 g/mol. The molecule has 0 spiro atoms. The Morgan fingerprint density at radius 1 is 1.33 bits per heavy atom. The standard InChI is InChI=1S/C18H36N4O.HI/c1-5-18(8-7-9-18)14-21-17(19-6-2)20-12-15(3)22-10-11-23-13-16(22)4;/h15-16H,5-14H2,1-4H3,(H2,19,20,21);1H. The highest BCUT2D eigenvalue weighted by Gasteiger charge is 2.34. The van der Waals surface area contributed by atoms with Crippen LogP contribution in [0.25, 0.3) is 0 Å². The normalized spacial score (nSPS) is 25.3. The van der Waals surface area contributed by atoms with Crippen LogP contribution in [-0.4, -0.2) is 62.3 Å². The molecule has 2 aliphatic rings. The van der Waals surface area contributed by atoms with E-state index < -0.39 is 0 Å². The smallest absolute Gasteiger partial charge is 0.191 e. The summed E-state index contributed by atoms with van der Waals surface area (Å²) in [7, 11) is 0. The second kappa shape index (κ2) is 10.8. The second-order valence-electron chi connectivity index (χ2n) is 7.29. The first-order chi connectivity index (χ1) is 11.1. The summed E-state index contributed by atoms with van der Waals surface area (Å²) in [5.74, 6) is 0.972. The van der Waals surface area contributed by atoms with Gasteiger partial charge in [-0.1, -0.05) is 13.3 Å². The monoisotopic (exact) mass is 452 g/mol. The van der Waals surface area contributed by atoms with Crippen molar-refractivity contribution in [2.75, 3.05) is 39.4 Å². The third-order valence-corrected chi connectivity index (χ3v) is 5.63. The van der Waals surface area contributed by atoms with Crippen LogP contribution in [0.1, 0.15) is 53.4 Å². The molecule has 142 valence electrons. The molecule has 2 rings (SSSR count). The molecule has 0 bridgehead atoms. The Bertz CT molecular complexity index is 382. The maximum absolute atomic E-state index is 5.54. The lowest BCUT2D eigenvalue weighted by molar-refractivity contribution is -0.0174. The van der Waals surface area contributed by atoms with Crippen LogP contribution in [0.3, 0.4) is 0 Å². The van der Waals surface area contributed by atoms with Gasteiger partial charge in [-0.2, -0.15) is 0 Å². The number of hydrogen-bond donors (Lipinski definition) is 2. The Labute approximate surface area is 165 Å². The van der Waals surface area contributed by atoms with Gasteiger partial charge in [0.05, 0.1) is 13.2 Å². The predicted molar refractivity (Wildman–Crippen MR) is 112 cm³/mol. The van der Waals surface area contributed by atoms with E-state index in [0.29, 0.717) is 17.5 Å². The van der Waals surface area contributed by atoms with Gasteiger partial charge in [-0.3, -0.25) is 9.89 Å². The van der Waals surface area contributed by atoms with Gasteiger partial charge in [-0.05, 0) is 45.4 Å². The van der Waals surface area contributed by atoms with Gasteiger partial charge in [0.2, 0.25) is 0 Å². The molecule has 1 heterocycles. The van der Waals surface area contributed by atoms with Crippen molar-refractivity contribution < 1.29 is 4.74 Å². The number of aliphatic imine (C=N–C) groups is 1. The van der Waals surface area contributed by atoms with Gasteiger partial charge in [-0.25, -0.2) is 0 Å². The molecule has 1 saturated heterocycles. The van der Waals surface area contributed by atoms with Crippen LogP contribution in [0.2, 0.25) is 0 Å². The minimum atomic E-state index is 0. The van der Waals surface area contributed by atoms with Crippen molar-refractivity contribution in [1.29, 1.82) is 0 Å². The summed E-state index contributed by atoms with van der Waals surface area (Å²) in [6.07, 6.45) is 5.30. The molecule has 0 aromatic heterocycles. The Hall–Kier alpha value is -0.0800. The first-order valence-corrected chi connectivity index (χ1v) is 9.46. The largest absolute Gasteiger partial charge is 0.379 e. The third kappa shape index (κ3) is 6.02. The number of morpholine rings is 1. The average Bonchev–Trinajstić information content (AvgIpc) is 2.52. The zero-order valence-corrected chi connectivity index (χ0v) is 18.3. The lowest BCUT2D eigenvalue weighted by atomic mass is 9.67. The highest BCUT2D eigenvalue weighted by atomic mass is 127. The lowest BCUT2D eigenvalue weighted by Crippen LogP contribution is -2.53. The molecule has 2 unspecified atom stereocenters. The van der Waals surface area contributed by atoms with Gasteiger partial charge in [0, 0.05) is 38.3 Å². The molecule has 0 amide bonds. The van der Waals surface area contributed by atoms with Gasteiger partial charge in [0.1, 0.15) is 0 Å². The van der Waals surface area contributed by atoms with Gasteiger partial charge in [-0.15, -0.1) is 24.0 Å². The molecule has 6 heteroatoms. The van der Waals surface area contributed by atoms with E-state index in [1.165, 1.54) is 25.7 Å². The van der Waals surface area contributed by atoms with E-state index in [0.717, 1.165) is 45.4 Å². The quantitative estimate of drug-likeness (QED) is 0.355. The van der Waals surface area contributed by atoms with Crippen molar-refractivity contribution >= 4 is 29.9 Å². The molecule has 1 aliphatic carbocycles. The fourth-order valence-electron chi connectivity index (χ4n) is 3.65. The maximum atomic E-state index is 5.54. The summed E-state index contributed by atoms with van der Waals surface area (Å²) in [6, 6.07) is 0.986. The van der Waals surface area contributed by atoms with Crippen molar-refractivity contribution in [1.82, 2.24) is 15.5 Å². The van der Waals surface area contributed by atoms with Crippen LogP contribution >= 0.6 is 24.0 Å². The number of guanidine groups is 1. The van der Waals surface area contributed by atoms with Crippen LogP contribution in [0, 0.1) is 5.41 Å². The highest BCUT2D eigenvalue weighted by molar-refractivity contribution is 14.0. The van der Waals surface area contributed by atoms with Crippen molar-refractivity contribution in [3.8, 4) is 0 Å². The van der Waals surface area contributed by atoms with Crippen molar-refractivity contribution in [3.63, 3.8) is 0 Å². The number of nitrogens with zero attached hydrogens (tertiary/aromatic N) is 2. The highest BCUT2D eigenvalue weighted by Crippen LogP contribution is 2.43. The van der Waals surface area contributed by atoms with Crippen LogP contribution < -0.4 is 10.6 Å². The fourth-order valence-corrected chi connectivity index (χ4v) is 3.65. The fraction of sp³-hybridized carbons (Fsp3) is 0.944. The Kier molecular flexibility index (Phi) is 9.89. The molecule has 0 radical (unpaired) electrons. The van der Waals surface area contributed by atoms with E-state index >= 15 is 0 Å². The average molecular weight is 452 g/mol. The topological polar surface area (TPSA) is 48.9 Å². The molecule has 2 atom stereocenters. The van der Waals surface area contributed by atoms with Gasteiger partial charge in [0.15, 0.2) is 5.96 Å². The SMILES string of the molecule is CCNC(=NCC1(CC)CCC1)NCC(C)N1CCOCC1C.I. The van der Waals surface area contributed by atoms with Crippen LogP contribution in [0.15, 0.2) is 4.99 Å². The molecule has 0 aromatic rings. The summed E-state index contributed by atoms with van der Waals surface area (Å²) in [6.45, 7) is 14.5. The van der Waals surface area contributed by atoms with E-state index in [2.05, 4.69) is 43.2 Å². The number of rotatable bonds is 7. The minimum absolute atomic E-state index is 0. The maximum Gasteiger partial charge on any atom is 0.191 e. The Balaban J connectivity index is 0.00000288. The molecule has 2 N–H and O–H groups in total. The number of ether oxygens (including phenoxy) is 1. The summed E-state index contributed by atoms with van der Waals surface area (Å²) < 4.78 is 5.54. The van der Waals surface area contributed by atoms with Crippen molar-refractivity contribution in [2.45, 2.75) is 65.5 Å². The molecule has 2 fully saturated rings. The minimum Gasteiger partial charge on any atom is -0.379 e. The van der Waals surface area contributed by atoms with E-state index in [-0.39, 0.29) is 24.0 Å². The molecule has 24 heavy (non-hydrogen) atoms.